The van der Waals surface area contributed by atoms with Crippen molar-refractivity contribution in [2.24, 2.45) is 98.1 Å². The minimum Gasteiger partial charge on any atom is -0.469 e. The van der Waals surface area contributed by atoms with E-state index in [1.54, 1.807) is 6.26 Å². The molecule has 1 aromatic heterocycles. The number of aliphatic hydroxyl groups is 3. The van der Waals surface area contributed by atoms with Crippen molar-refractivity contribution in [3.8, 4) is 0 Å². The maximum Gasteiger partial charge on any atom is 0.339 e. The van der Waals surface area contributed by atoms with Gasteiger partial charge in [0.2, 0.25) is 0 Å². The van der Waals surface area contributed by atoms with Crippen molar-refractivity contribution in [3.05, 3.63) is 83.5 Å². The van der Waals surface area contributed by atoms with E-state index < -0.39 is 80.7 Å². The summed E-state index contributed by atoms with van der Waals surface area (Å²) in [4.78, 5) is 51.8. The fourth-order valence-corrected chi connectivity index (χ4v) is 27.2. The van der Waals surface area contributed by atoms with Crippen molar-refractivity contribution in [1.82, 2.24) is 10.2 Å². The zero-order valence-electron chi connectivity index (χ0n) is 49.4. The van der Waals surface area contributed by atoms with E-state index in [0.29, 0.717) is 42.9 Å². The van der Waals surface area contributed by atoms with Crippen LogP contribution in [0.25, 0.3) is 0 Å². The van der Waals surface area contributed by atoms with E-state index in [2.05, 4.69) is 65.8 Å². The number of aliphatic hydroxyl groups excluding tert-OH is 3. The second-order valence-electron chi connectivity index (χ2n) is 31.7. The Morgan fingerprint density at radius 3 is 2.50 bits per heavy atom. The van der Waals surface area contributed by atoms with Crippen LogP contribution in [0.5, 0.6) is 0 Å². The summed E-state index contributed by atoms with van der Waals surface area (Å²) in [5.74, 6) is -0.800. The first-order valence-electron chi connectivity index (χ1n) is 34.1. The lowest BCUT2D eigenvalue weighted by Crippen LogP contribution is -2.82. The minimum absolute atomic E-state index is 0.0776. The zero-order chi connectivity index (χ0) is 56.5. The van der Waals surface area contributed by atoms with E-state index in [0.717, 1.165) is 154 Å². The van der Waals surface area contributed by atoms with Gasteiger partial charge in [0, 0.05) is 35.4 Å². The molecule has 5 bridgehead atoms. The molecule has 7 aliphatic heterocycles. The SMILES string of the molecule is C[C@@]12C[C@@H]3C[C@]45[C@@H](CCC46CCCC6)CC4=CC[C@]6(C7CCCCC7)O[C@]47[C@H]5C(=O)OC[C@]74[C@@H]3[C@@]([C@H]3CCC[C@H](Cc5ccccc5)C3)([C@H](O)C(=O)[C@@H]46)[C@]13O[C@@H]3C(=O)O[C@H]2c1ccoc1C[C@@H]([C@@H]1CC[C@@H]2[C@H](C=CN3CNC[C@@H]23)C1)[C@H](O)CO. The maximum atomic E-state index is 17.5. The first-order chi connectivity index (χ1) is 40.9. The van der Waals surface area contributed by atoms with Gasteiger partial charge in [0.05, 0.1) is 48.5 Å². The van der Waals surface area contributed by atoms with Crippen LogP contribution in [0.15, 0.2) is 71.0 Å². The molecule has 0 amide bonds. The van der Waals surface area contributed by atoms with Crippen LogP contribution < -0.4 is 5.32 Å². The average molecular weight is 1150 g/mol. The highest BCUT2D eigenvalue weighted by atomic mass is 16.7. The van der Waals surface area contributed by atoms with E-state index in [1.165, 1.54) is 11.1 Å². The molecule has 13 heteroatoms. The molecule has 0 radical (unpaired) electrons. The Bertz CT molecular complexity index is 3110. The van der Waals surface area contributed by atoms with Crippen LogP contribution in [0, 0.1) is 98.1 Å². The number of nitrogens with one attached hydrogen (secondary N) is 1. The van der Waals surface area contributed by atoms with Gasteiger partial charge in [-0.15, -0.1) is 0 Å². The third kappa shape index (κ3) is 6.19. The number of furan rings is 1. The average Bonchev–Trinajstić information content (AvgIpc) is 1.40. The number of ether oxygens (including phenoxy) is 4. The second kappa shape index (κ2) is 18.2. The highest BCUT2D eigenvalue weighted by Crippen LogP contribution is 2.92. The number of epoxide rings is 1. The van der Waals surface area contributed by atoms with Crippen LogP contribution in [0.1, 0.15) is 171 Å². The van der Waals surface area contributed by atoms with Gasteiger partial charge in [-0.3, -0.25) is 14.9 Å². The lowest BCUT2D eigenvalue weighted by Gasteiger charge is -2.73. The van der Waals surface area contributed by atoms with Gasteiger partial charge in [-0.05, 0) is 196 Å². The quantitative estimate of drug-likeness (QED) is 0.100. The van der Waals surface area contributed by atoms with Crippen molar-refractivity contribution >= 4 is 17.7 Å². The number of carbonyl (C=O) groups is 3. The molecule has 9 saturated carbocycles. The zero-order valence-corrected chi connectivity index (χ0v) is 49.4. The number of allylic oxidation sites excluding steroid dienone is 1. The molecule has 1 aromatic carbocycles. The number of hydrogen-bond donors (Lipinski definition) is 4. The number of hydrogen-bond acceptors (Lipinski definition) is 13. The minimum atomic E-state index is -1.48. The van der Waals surface area contributed by atoms with Gasteiger partial charge >= 0.3 is 11.9 Å². The molecule has 84 heavy (non-hydrogen) atoms. The van der Waals surface area contributed by atoms with Crippen LogP contribution in [0.4, 0.5) is 0 Å². The summed E-state index contributed by atoms with van der Waals surface area (Å²) in [6.45, 7) is 3.86. The summed E-state index contributed by atoms with van der Waals surface area (Å²) < 4.78 is 37.2. The van der Waals surface area contributed by atoms with Crippen molar-refractivity contribution in [2.75, 3.05) is 26.4 Å². The van der Waals surface area contributed by atoms with E-state index in [4.69, 9.17) is 23.4 Å². The third-order valence-corrected chi connectivity index (χ3v) is 29.5. The molecule has 0 unspecified atom stereocenters. The monoisotopic (exact) mass is 1150 g/mol. The van der Waals surface area contributed by atoms with Crippen LogP contribution in [-0.2, 0) is 46.2 Å². The molecule has 13 nitrogen and oxygen atoms in total. The summed E-state index contributed by atoms with van der Waals surface area (Å²) in [5, 5.41) is 41.3. The Balaban J connectivity index is 0.841. The number of nitrogens with zero attached hydrogens (tertiary/aromatic N) is 1. The summed E-state index contributed by atoms with van der Waals surface area (Å²) in [6.07, 6.45) is 26.7. The van der Waals surface area contributed by atoms with E-state index in [1.807, 2.05) is 6.07 Å². The Hall–Kier alpha value is -3.85. The summed E-state index contributed by atoms with van der Waals surface area (Å²) in [7, 11) is 0. The largest absolute Gasteiger partial charge is 0.469 e. The highest BCUT2D eigenvalue weighted by Gasteiger charge is 2.99. The molecule has 14 fully saturated rings. The first-order valence-corrected chi connectivity index (χ1v) is 34.1. The Labute approximate surface area is 495 Å². The van der Waals surface area contributed by atoms with Crippen molar-refractivity contribution in [1.29, 1.82) is 0 Å². The Kier molecular flexibility index (Phi) is 11.5. The normalized spacial score (nSPS) is 50.2. The number of esters is 2. The van der Waals surface area contributed by atoms with Gasteiger partial charge in [0.1, 0.15) is 35.8 Å². The molecule has 23 atom stereocenters. The molecule has 450 valence electrons. The third-order valence-electron chi connectivity index (χ3n) is 29.5. The van der Waals surface area contributed by atoms with Gasteiger partial charge in [0.25, 0.3) is 0 Å². The lowest BCUT2D eigenvalue weighted by atomic mass is 9.29. The molecule has 4 N–H and O–H groups in total. The van der Waals surface area contributed by atoms with Crippen LogP contribution in [-0.4, -0.2) is 106 Å². The van der Waals surface area contributed by atoms with Crippen LogP contribution in [0.2, 0.25) is 0 Å². The van der Waals surface area contributed by atoms with Crippen molar-refractivity contribution < 1.29 is 53.1 Å². The predicted octanol–water partition coefficient (Wildman–Crippen LogP) is 9.90. The number of benzene rings is 1. The Morgan fingerprint density at radius 2 is 1.67 bits per heavy atom. The maximum absolute atomic E-state index is 17.5. The van der Waals surface area contributed by atoms with Crippen molar-refractivity contribution in [2.45, 2.75) is 208 Å². The number of cyclic esters (lactones) is 2. The number of rotatable bonds is 10. The molecule has 18 rings (SSSR count). The highest BCUT2D eigenvalue weighted by molar-refractivity contribution is 5.94. The summed E-state index contributed by atoms with van der Waals surface area (Å²) in [5.41, 5.74) is -3.93. The van der Waals surface area contributed by atoms with E-state index in [9.17, 15) is 15.3 Å². The lowest BCUT2D eigenvalue weighted by molar-refractivity contribution is -0.301. The fourth-order valence-electron chi connectivity index (χ4n) is 27.2. The molecule has 8 heterocycles. The molecule has 5 saturated heterocycles. The van der Waals surface area contributed by atoms with Crippen LogP contribution >= 0.6 is 0 Å². The van der Waals surface area contributed by atoms with Gasteiger partial charge in [0.15, 0.2) is 11.9 Å². The number of Topliss-reactive ketones (excluding diaryl/α,β-unsaturated/α-hetero) is 1. The Morgan fingerprint density at radius 1 is 0.833 bits per heavy atom. The summed E-state index contributed by atoms with van der Waals surface area (Å²) in [6, 6.07) is 13.2. The van der Waals surface area contributed by atoms with Crippen LogP contribution in [0.3, 0.4) is 0 Å². The van der Waals surface area contributed by atoms with Gasteiger partial charge in [-0.2, -0.15) is 0 Å². The topological polar surface area (TPSA) is 181 Å². The van der Waals surface area contributed by atoms with E-state index in [-0.39, 0.29) is 77.7 Å². The molecule has 2 aromatic rings. The molecular weight excluding hydrogens is 1060 g/mol. The molecular formula is C71H90N2O11. The van der Waals surface area contributed by atoms with E-state index >= 15 is 14.4 Å². The second-order valence-corrected chi connectivity index (χ2v) is 31.7. The first kappa shape index (κ1) is 53.2. The summed E-state index contributed by atoms with van der Waals surface area (Å²) >= 11 is 0. The van der Waals surface area contributed by atoms with Crippen molar-refractivity contribution in [3.63, 3.8) is 0 Å². The van der Waals surface area contributed by atoms with Gasteiger partial charge in [-0.1, -0.05) is 94.4 Å². The standard InChI is InChI=1S/C71H90N2O11/c1-64-34-44-35-66-46(19-25-65(66)23-8-9-24-65)32-48-20-26-68(45-14-6-3-7-15-45)57-55(76)59(77)69(47-16-10-13-41(30-47)29-40-11-4-2-5-12-40,56(44)67(57)38-81-62(78)58(66)70(48,67)84-68)71(64)61(83-71)63(79)82-60(64)50-22-28-80-54(50)33-51(53(75)37-74)42-17-18-49-43(31-42)21-27-73-39-72-36-52(49)73/h2,4-5,11-12,20-22,27-28,41-47,49,51-53,56-61,72,74-75,77H,3,6-10,13-19,23-26,29-39H2,1H3/t41-,42-,43-,44-,46+,47+,49-,51+,52+,53-,56-,57+,58+,59-,60+,61-,64+,66-,67-,68-,69+,70+,71-/m1/s1. The smallest absolute Gasteiger partial charge is 0.339 e. The predicted molar refractivity (Wildman–Crippen MR) is 308 cm³/mol. The van der Waals surface area contributed by atoms with Gasteiger partial charge < -0.3 is 43.6 Å². The van der Waals surface area contributed by atoms with Gasteiger partial charge in [-0.25, -0.2) is 4.79 Å². The number of carbonyl (C=O) groups excluding carboxylic acids is 3. The molecule has 5 spiro atoms. The number of fused-ring (bicyclic) bond motifs is 5. The number of ketones is 1. The molecule has 9 aliphatic carbocycles. The molecule has 16 aliphatic rings. The fraction of sp³-hybridized carbons (Fsp3) is 0.761.